The van der Waals surface area contributed by atoms with Gasteiger partial charge in [-0.3, -0.25) is 0 Å². The molecule has 1 aromatic carbocycles. The van der Waals surface area contributed by atoms with Crippen molar-refractivity contribution in [2.24, 2.45) is 0 Å². The number of rotatable bonds is 4. The van der Waals surface area contributed by atoms with E-state index >= 15 is 0 Å². The van der Waals surface area contributed by atoms with Crippen molar-refractivity contribution < 1.29 is 22.6 Å². The second-order valence-electron chi connectivity index (χ2n) is 3.44. The van der Waals surface area contributed by atoms with Crippen molar-refractivity contribution in [3.63, 3.8) is 0 Å². The van der Waals surface area contributed by atoms with E-state index in [1.165, 1.54) is 26.3 Å². The summed E-state index contributed by atoms with van der Waals surface area (Å²) >= 11 is 0. The van der Waals surface area contributed by atoms with E-state index in [2.05, 4.69) is 4.74 Å². The van der Waals surface area contributed by atoms with Crippen molar-refractivity contribution in [2.45, 2.75) is 12.4 Å². The van der Waals surface area contributed by atoms with Gasteiger partial charge in [-0.2, -0.15) is 13.2 Å². The Morgan fingerprint density at radius 3 is 2.00 bits per heavy atom. The van der Waals surface area contributed by atoms with Crippen molar-refractivity contribution in [1.29, 1.82) is 0 Å². The highest BCUT2D eigenvalue weighted by Crippen LogP contribution is 2.29. The Hall–Kier alpha value is -1.43. The third kappa shape index (κ3) is 3.26. The quantitative estimate of drug-likeness (QED) is 0.766. The van der Waals surface area contributed by atoms with Crippen LogP contribution in [0.25, 0.3) is 0 Å². The predicted octanol–water partition coefficient (Wildman–Crippen LogP) is 2.67. The number of benzene rings is 1. The Balaban J connectivity index is 2.90. The third-order valence-corrected chi connectivity index (χ3v) is 2.33. The molecule has 17 heavy (non-hydrogen) atoms. The molecule has 96 valence electrons. The first-order valence-electron chi connectivity index (χ1n) is 4.86. The van der Waals surface area contributed by atoms with Crippen LogP contribution in [-0.2, 0) is 4.74 Å². The summed E-state index contributed by atoms with van der Waals surface area (Å²) in [5, 5.41) is 0. The standard InChI is InChI=1S/C11H14F3NO2/c1-15(10(17-3)11(12,13)14)8-4-6-9(16-2)7-5-8/h4-7,10H,1-3H3. The lowest BCUT2D eigenvalue weighted by molar-refractivity contribution is -0.211. The van der Waals surface area contributed by atoms with E-state index in [9.17, 15) is 13.2 Å². The molecule has 0 bridgehead atoms. The van der Waals surface area contributed by atoms with Gasteiger partial charge in [0, 0.05) is 19.8 Å². The second kappa shape index (κ2) is 5.27. The van der Waals surface area contributed by atoms with Crippen molar-refractivity contribution in [1.82, 2.24) is 0 Å². The first kappa shape index (κ1) is 13.6. The molecule has 1 aromatic rings. The highest BCUT2D eigenvalue weighted by molar-refractivity contribution is 5.49. The summed E-state index contributed by atoms with van der Waals surface area (Å²) in [4.78, 5) is 1.01. The minimum atomic E-state index is -4.44. The number of halogens is 3. The second-order valence-corrected chi connectivity index (χ2v) is 3.44. The number of nitrogens with zero attached hydrogens (tertiary/aromatic N) is 1. The zero-order chi connectivity index (χ0) is 13.1. The monoisotopic (exact) mass is 249 g/mol. The molecular formula is C11H14F3NO2. The summed E-state index contributed by atoms with van der Waals surface area (Å²) in [6.45, 7) is 0. The topological polar surface area (TPSA) is 21.7 Å². The van der Waals surface area contributed by atoms with Crippen LogP contribution in [-0.4, -0.2) is 33.7 Å². The van der Waals surface area contributed by atoms with Gasteiger partial charge in [-0.1, -0.05) is 0 Å². The lowest BCUT2D eigenvalue weighted by atomic mass is 10.2. The number of ether oxygens (including phenoxy) is 2. The highest BCUT2D eigenvalue weighted by atomic mass is 19.4. The maximum Gasteiger partial charge on any atom is 0.433 e. The molecule has 0 aliphatic rings. The zero-order valence-electron chi connectivity index (χ0n) is 9.78. The lowest BCUT2D eigenvalue weighted by Crippen LogP contribution is -2.45. The number of hydrogen-bond acceptors (Lipinski definition) is 3. The maximum absolute atomic E-state index is 12.6. The van der Waals surface area contributed by atoms with Crippen LogP contribution in [0.1, 0.15) is 0 Å². The minimum Gasteiger partial charge on any atom is -0.497 e. The molecular weight excluding hydrogens is 235 g/mol. The molecule has 0 radical (unpaired) electrons. The van der Waals surface area contributed by atoms with Crippen LogP contribution in [0.15, 0.2) is 24.3 Å². The van der Waals surface area contributed by atoms with E-state index in [-0.39, 0.29) is 0 Å². The molecule has 0 saturated heterocycles. The van der Waals surface area contributed by atoms with E-state index in [0.717, 1.165) is 12.0 Å². The predicted molar refractivity (Wildman–Crippen MR) is 58.2 cm³/mol. The van der Waals surface area contributed by atoms with Gasteiger partial charge in [0.2, 0.25) is 6.23 Å². The molecule has 1 unspecified atom stereocenters. The van der Waals surface area contributed by atoms with E-state index in [0.29, 0.717) is 11.4 Å². The van der Waals surface area contributed by atoms with Gasteiger partial charge in [-0.05, 0) is 24.3 Å². The molecule has 0 aliphatic heterocycles. The van der Waals surface area contributed by atoms with Crippen LogP contribution >= 0.6 is 0 Å². The maximum atomic E-state index is 12.6. The number of alkyl halides is 3. The Morgan fingerprint density at radius 2 is 1.65 bits per heavy atom. The first-order valence-corrected chi connectivity index (χ1v) is 4.86. The summed E-state index contributed by atoms with van der Waals surface area (Å²) in [5.41, 5.74) is 0.398. The summed E-state index contributed by atoms with van der Waals surface area (Å²) in [5.74, 6) is 0.586. The van der Waals surface area contributed by atoms with Crippen LogP contribution in [0.3, 0.4) is 0 Å². The van der Waals surface area contributed by atoms with E-state index in [1.54, 1.807) is 12.1 Å². The van der Waals surface area contributed by atoms with Gasteiger partial charge >= 0.3 is 6.18 Å². The van der Waals surface area contributed by atoms with Crippen molar-refractivity contribution in [3.05, 3.63) is 24.3 Å². The molecule has 1 rings (SSSR count). The highest BCUT2D eigenvalue weighted by Gasteiger charge is 2.43. The first-order chi connectivity index (χ1) is 7.90. The van der Waals surface area contributed by atoms with Gasteiger partial charge in [0.1, 0.15) is 5.75 Å². The summed E-state index contributed by atoms with van der Waals surface area (Å²) in [7, 11) is 3.84. The fourth-order valence-electron chi connectivity index (χ4n) is 1.46. The van der Waals surface area contributed by atoms with E-state index < -0.39 is 12.4 Å². The van der Waals surface area contributed by atoms with Crippen molar-refractivity contribution in [3.8, 4) is 5.75 Å². The van der Waals surface area contributed by atoms with Gasteiger partial charge in [0.15, 0.2) is 0 Å². The SMILES string of the molecule is COc1ccc(N(C)C(OC)C(F)(F)F)cc1. The molecule has 0 heterocycles. The van der Waals surface area contributed by atoms with Gasteiger partial charge in [-0.25, -0.2) is 0 Å². The molecule has 0 saturated carbocycles. The summed E-state index contributed by atoms with van der Waals surface area (Å²) < 4.78 is 47.2. The van der Waals surface area contributed by atoms with E-state index in [4.69, 9.17) is 4.74 Å². The van der Waals surface area contributed by atoms with Crippen LogP contribution in [0.4, 0.5) is 18.9 Å². The smallest absolute Gasteiger partial charge is 0.433 e. The van der Waals surface area contributed by atoms with Gasteiger partial charge < -0.3 is 14.4 Å². The Morgan fingerprint density at radius 1 is 1.12 bits per heavy atom. The summed E-state index contributed by atoms with van der Waals surface area (Å²) in [6, 6.07) is 6.26. The van der Waals surface area contributed by atoms with Crippen molar-refractivity contribution >= 4 is 5.69 Å². The lowest BCUT2D eigenvalue weighted by Gasteiger charge is -2.30. The molecule has 0 aromatic heterocycles. The minimum absolute atomic E-state index is 0.398. The third-order valence-electron chi connectivity index (χ3n) is 2.33. The Kier molecular flexibility index (Phi) is 4.22. The fraction of sp³-hybridized carbons (Fsp3) is 0.455. The molecule has 3 nitrogen and oxygen atoms in total. The number of anilines is 1. The summed E-state index contributed by atoms with van der Waals surface area (Å²) in [6.07, 6.45) is -6.40. The molecule has 6 heteroatoms. The van der Waals surface area contributed by atoms with Crippen LogP contribution in [0, 0.1) is 0 Å². The van der Waals surface area contributed by atoms with E-state index in [1.807, 2.05) is 0 Å². The molecule has 0 amide bonds. The molecule has 0 spiro atoms. The van der Waals surface area contributed by atoms with Crippen molar-refractivity contribution in [2.75, 3.05) is 26.2 Å². The number of hydrogen-bond donors (Lipinski definition) is 0. The van der Waals surface area contributed by atoms with Gasteiger partial charge in [0.25, 0.3) is 0 Å². The number of methoxy groups -OCH3 is 2. The van der Waals surface area contributed by atoms with Crippen LogP contribution < -0.4 is 9.64 Å². The zero-order valence-corrected chi connectivity index (χ0v) is 9.78. The van der Waals surface area contributed by atoms with Gasteiger partial charge in [-0.15, -0.1) is 0 Å². The van der Waals surface area contributed by atoms with Crippen LogP contribution in [0.2, 0.25) is 0 Å². The average Bonchev–Trinajstić information content (AvgIpc) is 2.28. The average molecular weight is 249 g/mol. The normalized spacial score (nSPS) is 13.3. The molecule has 0 fully saturated rings. The fourth-order valence-corrected chi connectivity index (χ4v) is 1.46. The Labute approximate surface area is 97.7 Å². The largest absolute Gasteiger partial charge is 0.497 e. The van der Waals surface area contributed by atoms with Gasteiger partial charge in [0.05, 0.1) is 7.11 Å². The molecule has 1 atom stereocenters. The molecule has 0 N–H and O–H groups in total. The molecule has 0 aliphatic carbocycles. The van der Waals surface area contributed by atoms with Crippen LogP contribution in [0.5, 0.6) is 5.75 Å². The Bertz CT molecular complexity index is 351.